The van der Waals surface area contributed by atoms with Gasteiger partial charge in [-0.05, 0) is 13.8 Å². The standard InChI is InChI=1S/C9H15ClN2O2/c1-7-9(10)8(2)12(11-7)3-5-14-6-4-13/h13H,3-6H2,1-2H3. The molecule has 14 heavy (non-hydrogen) atoms. The van der Waals surface area contributed by atoms with Crippen molar-refractivity contribution in [1.29, 1.82) is 0 Å². The number of hydrogen-bond donors (Lipinski definition) is 1. The number of halogens is 1. The van der Waals surface area contributed by atoms with Crippen LogP contribution in [0.25, 0.3) is 0 Å². The normalized spacial score (nSPS) is 10.9. The van der Waals surface area contributed by atoms with Crippen molar-refractivity contribution in [2.75, 3.05) is 19.8 Å². The minimum absolute atomic E-state index is 0.0534. The third-order valence-corrected chi connectivity index (χ3v) is 2.52. The number of aliphatic hydroxyl groups excluding tert-OH is 1. The summed E-state index contributed by atoms with van der Waals surface area (Å²) < 4.78 is 6.95. The van der Waals surface area contributed by atoms with E-state index in [1.54, 1.807) is 0 Å². The lowest BCUT2D eigenvalue weighted by molar-refractivity contribution is 0.0850. The zero-order chi connectivity index (χ0) is 10.6. The molecule has 0 spiro atoms. The van der Waals surface area contributed by atoms with Crippen LogP contribution in [0.2, 0.25) is 5.02 Å². The van der Waals surface area contributed by atoms with E-state index in [1.807, 2.05) is 18.5 Å². The Morgan fingerprint density at radius 1 is 1.43 bits per heavy atom. The van der Waals surface area contributed by atoms with Crippen LogP contribution in [0.5, 0.6) is 0 Å². The lowest BCUT2D eigenvalue weighted by atomic mass is 10.4. The van der Waals surface area contributed by atoms with Gasteiger partial charge in [-0.3, -0.25) is 4.68 Å². The fourth-order valence-electron chi connectivity index (χ4n) is 1.21. The first-order valence-electron chi connectivity index (χ1n) is 4.55. The summed E-state index contributed by atoms with van der Waals surface area (Å²) in [5.74, 6) is 0. The fourth-order valence-corrected chi connectivity index (χ4v) is 1.35. The molecule has 0 aliphatic rings. The van der Waals surface area contributed by atoms with Gasteiger partial charge in [-0.15, -0.1) is 0 Å². The molecule has 0 radical (unpaired) electrons. The van der Waals surface area contributed by atoms with Crippen molar-refractivity contribution >= 4 is 11.6 Å². The molecular weight excluding hydrogens is 204 g/mol. The Morgan fingerprint density at radius 3 is 2.64 bits per heavy atom. The molecular formula is C9H15ClN2O2. The van der Waals surface area contributed by atoms with E-state index in [-0.39, 0.29) is 6.61 Å². The molecule has 0 saturated carbocycles. The number of hydrogen-bond acceptors (Lipinski definition) is 3. The molecule has 0 fully saturated rings. The lowest BCUT2D eigenvalue weighted by Gasteiger charge is -2.04. The van der Waals surface area contributed by atoms with E-state index < -0.39 is 0 Å². The first-order chi connectivity index (χ1) is 6.66. The fraction of sp³-hybridized carbons (Fsp3) is 0.667. The van der Waals surface area contributed by atoms with Crippen molar-refractivity contribution in [2.45, 2.75) is 20.4 Å². The van der Waals surface area contributed by atoms with Crippen LogP contribution < -0.4 is 0 Å². The van der Waals surface area contributed by atoms with E-state index in [0.29, 0.717) is 24.8 Å². The molecule has 0 aliphatic heterocycles. The Labute approximate surface area is 88.4 Å². The van der Waals surface area contributed by atoms with Crippen molar-refractivity contribution in [3.8, 4) is 0 Å². The maximum atomic E-state index is 8.50. The van der Waals surface area contributed by atoms with Crippen molar-refractivity contribution in [3.63, 3.8) is 0 Å². The summed E-state index contributed by atoms with van der Waals surface area (Å²) >= 11 is 5.97. The second kappa shape index (κ2) is 5.34. The van der Waals surface area contributed by atoms with E-state index >= 15 is 0 Å². The third-order valence-electron chi connectivity index (χ3n) is 1.98. The predicted molar refractivity (Wildman–Crippen MR) is 54.6 cm³/mol. The summed E-state index contributed by atoms with van der Waals surface area (Å²) in [5, 5.41) is 13.5. The van der Waals surface area contributed by atoms with Gasteiger partial charge in [0.1, 0.15) is 0 Å². The average Bonchev–Trinajstić information content (AvgIpc) is 2.41. The smallest absolute Gasteiger partial charge is 0.0844 e. The number of ether oxygens (including phenoxy) is 1. The number of rotatable bonds is 5. The number of aliphatic hydroxyl groups is 1. The van der Waals surface area contributed by atoms with Gasteiger partial charge in [0.25, 0.3) is 0 Å². The molecule has 0 amide bonds. The molecule has 4 nitrogen and oxygen atoms in total. The van der Waals surface area contributed by atoms with Gasteiger partial charge in [0.15, 0.2) is 0 Å². The third kappa shape index (κ3) is 2.70. The maximum Gasteiger partial charge on any atom is 0.0844 e. The van der Waals surface area contributed by atoms with E-state index in [0.717, 1.165) is 11.4 Å². The summed E-state index contributed by atoms with van der Waals surface area (Å²) in [6.07, 6.45) is 0. The van der Waals surface area contributed by atoms with Crippen LogP contribution in [-0.4, -0.2) is 34.7 Å². The van der Waals surface area contributed by atoms with Gasteiger partial charge in [-0.1, -0.05) is 11.6 Å². The minimum Gasteiger partial charge on any atom is -0.394 e. The van der Waals surface area contributed by atoms with Gasteiger partial charge in [0.05, 0.1) is 42.8 Å². The molecule has 80 valence electrons. The SMILES string of the molecule is Cc1nn(CCOCCO)c(C)c1Cl. The molecule has 1 rings (SSSR count). The Bertz CT molecular complexity index is 299. The van der Waals surface area contributed by atoms with E-state index in [4.69, 9.17) is 21.4 Å². The Kier molecular flexibility index (Phi) is 4.38. The average molecular weight is 219 g/mol. The van der Waals surface area contributed by atoms with Crippen molar-refractivity contribution in [2.24, 2.45) is 0 Å². The summed E-state index contributed by atoms with van der Waals surface area (Å²) in [6, 6.07) is 0. The molecule has 1 N–H and O–H groups in total. The number of aryl methyl sites for hydroxylation is 1. The summed E-state index contributed by atoms with van der Waals surface area (Å²) in [5.41, 5.74) is 1.79. The largest absolute Gasteiger partial charge is 0.394 e. The van der Waals surface area contributed by atoms with Crippen molar-refractivity contribution in [3.05, 3.63) is 16.4 Å². The van der Waals surface area contributed by atoms with Crippen LogP contribution in [0, 0.1) is 13.8 Å². The van der Waals surface area contributed by atoms with Crippen molar-refractivity contribution in [1.82, 2.24) is 9.78 Å². The second-order valence-electron chi connectivity index (χ2n) is 3.04. The highest BCUT2D eigenvalue weighted by atomic mass is 35.5. The Balaban J connectivity index is 2.47. The number of nitrogens with zero attached hydrogens (tertiary/aromatic N) is 2. The molecule has 0 bridgehead atoms. The zero-order valence-corrected chi connectivity index (χ0v) is 9.21. The minimum atomic E-state index is 0.0534. The predicted octanol–water partition coefficient (Wildman–Crippen LogP) is 1.16. The lowest BCUT2D eigenvalue weighted by Crippen LogP contribution is -2.10. The van der Waals surface area contributed by atoms with Gasteiger partial charge in [0, 0.05) is 0 Å². The Morgan fingerprint density at radius 2 is 2.14 bits per heavy atom. The van der Waals surface area contributed by atoms with Crippen LogP contribution >= 0.6 is 11.6 Å². The van der Waals surface area contributed by atoms with Gasteiger partial charge < -0.3 is 9.84 Å². The van der Waals surface area contributed by atoms with Crippen LogP contribution in [-0.2, 0) is 11.3 Å². The van der Waals surface area contributed by atoms with E-state index in [1.165, 1.54) is 0 Å². The molecule has 0 atom stereocenters. The summed E-state index contributed by atoms with van der Waals surface area (Å²) in [7, 11) is 0. The van der Waals surface area contributed by atoms with E-state index in [9.17, 15) is 0 Å². The highest BCUT2D eigenvalue weighted by Crippen LogP contribution is 2.18. The quantitative estimate of drug-likeness (QED) is 0.755. The topological polar surface area (TPSA) is 47.3 Å². The first kappa shape index (κ1) is 11.5. The van der Waals surface area contributed by atoms with Gasteiger partial charge in [-0.25, -0.2) is 0 Å². The van der Waals surface area contributed by atoms with Gasteiger partial charge in [-0.2, -0.15) is 5.10 Å². The Hall–Kier alpha value is -0.580. The number of aromatic nitrogens is 2. The highest BCUT2D eigenvalue weighted by molar-refractivity contribution is 6.31. The molecule has 1 aromatic rings. The monoisotopic (exact) mass is 218 g/mol. The second-order valence-corrected chi connectivity index (χ2v) is 3.42. The highest BCUT2D eigenvalue weighted by Gasteiger charge is 2.07. The zero-order valence-electron chi connectivity index (χ0n) is 8.46. The van der Waals surface area contributed by atoms with Gasteiger partial charge >= 0.3 is 0 Å². The van der Waals surface area contributed by atoms with Gasteiger partial charge in [0.2, 0.25) is 0 Å². The molecule has 0 unspecified atom stereocenters. The van der Waals surface area contributed by atoms with Crippen molar-refractivity contribution < 1.29 is 9.84 Å². The molecule has 1 heterocycles. The molecule has 1 aromatic heterocycles. The summed E-state index contributed by atoms with van der Waals surface area (Å²) in [6.45, 7) is 5.43. The first-order valence-corrected chi connectivity index (χ1v) is 4.92. The van der Waals surface area contributed by atoms with Crippen LogP contribution in [0.3, 0.4) is 0 Å². The molecule has 0 aromatic carbocycles. The summed E-state index contributed by atoms with van der Waals surface area (Å²) in [4.78, 5) is 0. The molecule has 0 aliphatic carbocycles. The van der Waals surface area contributed by atoms with E-state index in [2.05, 4.69) is 5.10 Å². The van der Waals surface area contributed by atoms with Crippen LogP contribution in [0.1, 0.15) is 11.4 Å². The molecule has 0 saturated heterocycles. The van der Waals surface area contributed by atoms with Crippen LogP contribution in [0.4, 0.5) is 0 Å². The maximum absolute atomic E-state index is 8.50. The van der Waals surface area contributed by atoms with Crippen LogP contribution in [0.15, 0.2) is 0 Å². The molecule has 5 heteroatoms.